The van der Waals surface area contributed by atoms with Gasteiger partial charge in [0.2, 0.25) is 0 Å². The van der Waals surface area contributed by atoms with Crippen LogP contribution in [0.25, 0.3) is 0 Å². The monoisotopic (exact) mass is 438 g/mol. The lowest BCUT2D eigenvalue weighted by molar-refractivity contribution is -0.122. The van der Waals surface area contributed by atoms with Crippen molar-refractivity contribution in [3.8, 4) is 5.75 Å². The molecule has 0 unspecified atom stereocenters. The van der Waals surface area contributed by atoms with Crippen LogP contribution in [-0.4, -0.2) is 20.4 Å². The summed E-state index contributed by atoms with van der Waals surface area (Å²) in [6.45, 7) is 7.52. The summed E-state index contributed by atoms with van der Waals surface area (Å²) in [6, 6.07) is 18.8. The number of ether oxygens (including phenoxy) is 1. The molecule has 0 aromatic heterocycles. The highest BCUT2D eigenvalue weighted by molar-refractivity contribution is 7.92. The number of benzene rings is 3. The summed E-state index contributed by atoms with van der Waals surface area (Å²) >= 11 is 0. The molecule has 0 spiro atoms. The SMILES string of the molecule is Cc1ccc(NS(=O)(=O)c2ccc(NC(=O)[C@@H](C)Oc3ccc(C)cc3C)cc2)cc1. The molecule has 0 fully saturated rings. The first kappa shape index (κ1) is 22.4. The maximum Gasteiger partial charge on any atom is 0.265 e. The molecule has 0 aliphatic carbocycles. The topological polar surface area (TPSA) is 84.5 Å². The quantitative estimate of drug-likeness (QED) is 0.554. The Kier molecular flexibility index (Phi) is 6.65. The molecule has 1 atom stereocenters. The van der Waals surface area contributed by atoms with Gasteiger partial charge in [-0.1, -0.05) is 35.4 Å². The fourth-order valence-corrected chi connectivity index (χ4v) is 4.03. The van der Waals surface area contributed by atoms with E-state index in [4.69, 9.17) is 4.74 Å². The Labute approximate surface area is 183 Å². The zero-order valence-corrected chi connectivity index (χ0v) is 18.8. The third-order valence-electron chi connectivity index (χ3n) is 4.74. The first-order valence-corrected chi connectivity index (χ1v) is 11.4. The van der Waals surface area contributed by atoms with E-state index in [9.17, 15) is 13.2 Å². The first-order valence-electron chi connectivity index (χ1n) is 9.88. The summed E-state index contributed by atoms with van der Waals surface area (Å²) in [7, 11) is -3.72. The molecule has 7 heteroatoms. The average Bonchev–Trinajstić information content (AvgIpc) is 2.72. The van der Waals surface area contributed by atoms with Crippen LogP contribution in [0.2, 0.25) is 0 Å². The normalized spacial score (nSPS) is 12.1. The molecule has 0 aliphatic rings. The predicted molar refractivity (Wildman–Crippen MR) is 123 cm³/mol. The van der Waals surface area contributed by atoms with Crippen LogP contribution in [-0.2, 0) is 14.8 Å². The van der Waals surface area contributed by atoms with Crippen molar-refractivity contribution in [2.75, 3.05) is 10.0 Å². The third-order valence-corrected chi connectivity index (χ3v) is 6.14. The number of carbonyl (C=O) groups is 1. The maximum absolute atomic E-state index is 12.6. The van der Waals surface area contributed by atoms with Gasteiger partial charge in [-0.05, 0) is 75.7 Å². The van der Waals surface area contributed by atoms with Gasteiger partial charge in [0.15, 0.2) is 6.10 Å². The van der Waals surface area contributed by atoms with Gasteiger partial charge in [-0.2, -0.15) is 0 Å². The minimum Gasteiger partial charge on any atom is -0.481 e. The summed E-state index contributed by atoms with van der Waals surface area (Å²) < 4.78 is 33.4. The van der Waals surface area contributed by atoms with E-state index in [1.807, 2.05) is 51.1 Å². The van der Waals surface area contributed by atoms with Crippen LogP contribution >= 0.6 is 0 Å². The Balaban J connectivity index is 1.63. The molecule has 0 radical (unpaired) electrons. The summed E-state index contributed by atoms with van der Waals surface area (Å²) in [5, 5.41) is 2.75. The van der Waals surface area contributed by atoms with Gasteiger partial charge in [-0.25, -0.2) is 8.42 Å². The van der Waals surface area contributed by atoms with E-state index in [0.717, 1.165) is 16.7 Å². The number of nitrogens with one attached hydrogen (secondary N) is 2. The highest BCUT2D eigenvalue weighted by Gasteiger charge is 2.17. The Hall–Kier alpha value is -3.32. The highest BCUT2D eigenvalue weighted by Crippen LogP contribution is 2.21. The van der Waals surface area contributed by atoms with Crippen molar-refractivity contribution in [2.24, 2.45) is 0 Å². The molecule has 0 heterocycles. The zero-order valence-electron chi connectivity index (χ0n) is 18.0. The Morgan fingerprint density at radius 3 is 2.03 bits per heavy atom. The first-order chi connectivity index (χ1) is 14.6. The van der Waals surface area contributed by atoms with Crippen molar-refractivity contribution in [2.45, 2.75) is 38.7 Å². The van der Waals surface area contributed by atoms with Gasteiger partial charge in [0, 0.05) is 11.4 Å². The summed E-state index contributed by atoms with van der Waals surface area (Å²) in [5.74, 6) is 0.324. The van der Waals surface area contributed by atoms with E-state index >= 15 is 0 Å². The molecular weight excluding hydrogens is 412 g/mol. The molecule has 0 saturated heterocycles. The second-order valence-electron chi connectivity index (χ2n) is 7.51. The fraction of sp³-hybridized carbons (Fsp3) is 0.208. The van der Waals surface area contributed by atoms with E-state index in [0.29, 0.717) is 17.1 Å². The van der Waals surface area contributed by atoms with E-state index in [1.165, 1.54) is 12.1 Å². The molecule has 3 aromatic rings. The van der Waals surface area contributed by atoms with Crippen molar-refractivity contribution in [3.63, 3.8) is 0 Å². The number of amides is 1. The molecule has 31 heavy (non-hydrogen) atoms. The molecule has 0 bridgehead atoms. The molecule has 3 aromatic carbocycles. The molecule has 1 amide bonds. The molecule has 2 N–H and O–H groups in total. The van der Waals surface area contributed by atoms with Gasteiger partial charge >= 0.3 is 0 Å². The van der Waals surface area contributed by atoms with Crippen LogP contribution in [0.4, 0.5) is 11.4 Å². The number of anilines is 2. The van der Waals surface area contributed by atoms with Crippen LogP contribution < -0.4 is 14.8 Å². The van der Waals surface area contributed by atoms with Crippen molar-refractivity contribution >= 4 is 27.3 Å². The van der Waals surface area contributed by atoms with Crippen LogP contribution in [0.1, 0.15) is 23.6 Å². The minimum atomic E-state index is -3.72. The van der Waals surface area contributed by atoms with Gasteiger partial charge < -0.3 is 10.1 Å². The number of sulfonamides is 1. The number of hydrogen-bond acceptors (Lipinski definition) is 4. The number of hydrogen-bond donors (Lipinski definition) is 2. The number of aryl methyl sites for hydroxylation is 3. The molecule has 162 valence electrons. The molecular formula is C24H26N2O4S. The van der Waals surface area contributed by atoms with E-state index in [1.54, 1.807) is 31.2 Å². The largest absolute Gasteiger partial charge is 0.481 e. The summed E-state index contributed by atoms with van der Waals surface area (Å²) in [5.41, 5.74) is 4.08. The molecule has 6 nitrogen and oxygen atoms in total. The highest BCUT2D eigenvalue weighted by atomic mass is 32.2. The van der Waals surface area contributed by atoms with E-state index in [2.05, 4.69) is 10.0 Å². The van der Waals surface area contributed by atoms with Crippen LogP contribution in [0.5, 0.6) is 5.75 Å². The zero-order chi connectivity index (χ0) is 22.6. The lowest BCUT2D eigenvalue weighted by atomic mass is 10.1. The van der Waals surface area contributed by atoms with Crippen LogP contribution in [0.3, 0.4) is 0 Å². The smallest absolute Gasteiger partial charge is 0.265 e. The summed E-state index contributed by atoms with van der Waals surface area (Å²) in [6.07, 6.45) is -0.715. The molecule has 3 rings (SSSR count). The Morgan fingerprint density at radius 2 is 1.42 bits per heavy atom. The van der Waals surface area contributed by atoms with E-state index in [-0.39, 0.29) is 10.8 Å². The minimum absolute atomic E-state index is 0.102. The van der Waals surface area contributed by atoms with Crippen LogP contribution in [0.15, 0.2) is 71.6 Å². The van der Waals surface area contributed by atoms with Crippen LogP contribution in [0, 0.1) is 20.8 Å². The second kappa shape index (κ2) is 9.22. The third kappa shape index (κ3) is 5.86. The van der Waals surface area contributed by atoms with Gasteiger partial charge in [-0.15, -0.1) is 0 Å². The van der Waals surface area contributed by atoms with Gasteiger partial charge in [-0.3, -0.25) is 9.52 Å². The van der Waals surface area contributed by atoms with Gasteiger partial charge in [0.1, 0.15) is 5.75 Å². The Morgan fingerprint density at radius 1 is 0.839 bits per heavy atom. The second-order valence-corrected chi connectivity index (χ2v) is 9.20. The number of rotatable bonds is 7. The van der Waals surface area contributed by atoms with Crippen molar-refractivity contribution in [3.05, 3.63) is 83.4 Å². The van der Waals surface area contributed by atoms with Gasteiger partial charge in [0.25, 0.3) is 15.9 Å². The van der Waals surface area contributed by atoms with Gasteiger partial charge in [0.05, 0.1) is 4.90 Å². The lowest BCUT2D eigenvalue weighted by Gasteiger charge is -2.17. The van der Waals surface area contributed by atoms with Crippen molar-refractivity contribution in [1.29, 1.82) is 0 Å². The van der Waals surface area contributed by atoms with E-state index < -0.39 is 16.1 Å². The lowest BCUT2D eigenvalue weighted by Crippen LogP contribution is -2.30. The van der Waals surface area contributed by atoms with Crippen molar-refractivity contribution < 1.29 is 17.9 Å². The maximum atomic E-state index is 12.6. The Bertz CT molecular complexity index is 1170. The van der Waals surface area contributed by atoms with Crippen molar-refractivity contribution in [1.82, 2.24) is 0 Å². The summed E-state index contributed by atoms with van der Waals surface area (Å²) in [4.78, 5) is 12.6. The number of carbonyl (C=O) groups excluding carboxylic acids is 1. The predicted octanol–water partition coefficient (Wildman–Crippen LogP) is 4.82. The molecule has 0 aliphatic heterocycles. The average molecular weight is 439 g/mol. The fourth-order valence-electron chi connectivity index (χ4n) is 2.97. The molecule has 0 saturated carbocycles. The standard InChI is InChI=1S/C24H26N2O4S/c1-16-5-8-21(9-6-16)26-31(28,29)22-12-10-20(11-13-22)25-24(27)19(4)30-23-14-7-17(2)15-18(23)3/h5-15,19,26H,1-4H3,(H,25,27)/t19-/m1/s1.